The number of aromatic nitrogens is 2. The van der Waals surface area contributed by atoms with E-state index in [0.29, 0.717) is 5.39 Å². The molecular formula is C21H22N2O2S. The Balaban J connectivity index is 1.77. The highest BCUT2D eigenvalue weighted by molar-refractivity contribution is 7.99. The molecule has 1 fully saturated rings. The number of benzene rings is 2. The summed E-state index contributed by atoms with van der Waals surface area (Å²) in [4.78, 5) is 18.0. The van der Waals surface area contributed by atoms with Crippen LogP contribution in [0.15, 0.2) is 58.5 Å². The van der Waals surface area contributed by atoms with Gasteiger partial charge in [-0.25, -0.2) is 4.98 Å². The largest absolute Gasteiger partial charge is 0.377 e. The van der Waals surface area contributed by atoms with Crippen LogP contribution in [0.4, 0.5) is 0 Å². The van der Waals surface area contributed by atoms with Crippen LogP contribution in [-0.4, -0.2) is 28.0 Å². The third-order valence-electron chi connectivity index (χ3n) is 4.71. The first kappa shape index (κ1) is 17.3. The van der Waals surface area contributed by atoms with Crippen molar-refractivity contribution in [2.75, 3.05) is 12.4 Å². The number of fused-ring (bicyclic) bond motifs is 1. The maximum Gasteiger partial charge on any atom is 0.266 e. The quantitative estimate of drug-likeness (QED) is 0.508. The number of ether oxygens (including phenoxy) is 1. The van der Waals surface area contributed by atoms with Crippen LogP contribution >= 0.6 is 11.8 Å². The van der Waals surface area contributed by atoms with E-state index in [1.54, 1.807) is 16.3 Å². The second-order valence-electron chi connectivity index (χ2n) is 6.69. The molecule has 2 aromatic carbocycles. The molecule has 2 heterocycles. The Labute approximate surface area is 157 Å². The number of thioether (sulfide) groups is 1. The van der Waals surface area contributed by atoms with E-state index >= 15 is 0 Å². The highest BCUT2D eigenvalue weighted by Gasteiger charge is 2.18. The molecule has 0 bridgehead atoms. The molecule has 5 heteroatoms. The van der Waals surface area contributed by atoms with Crippen LogP contribution in [0.3, 0.4) is 0 Å². The van der Waals surface area contributed by atoms with E-state index in [9.17, 15) is 4.79 Å². The standard InChI is InChI=1S/C21H22N2O2S/c1-15-9-11-16(12-10-15)23-20(24)18-7-2-3-8-19(18)22-21(23)26-14-17-6-4-5-13-25-17/h2-3,7-12,17H,4-6,13-14H2,1H3. The highest BCUT2D eigenvalue weighted by atomic mass is 32.2. The van der Waals surface area contributed by atoms with Crippen molar-refractivity contribution in [3.63, 3.8) is 0 Å². The van der Waals surface area contributed by atoms with Crippen molar-refractivity contribution in [1.82, 2.24) is 9.55 Å². The van der Waals surface area contributed by atoms with Crippen molar-refractivity contribution in [3.8, 4) is 5.69 Å². The minimum Gasteiger partial charge on any atom is -0.377 e. The number of nitrogens with zero attached hydrogens (tertiary/aromatic N) is 2. The minimum absolute atomic E-state index is 0.0217. The van der Waals surface area contributed by atoms with Crippen LogP contribution in [0.5, 0.6) is 0 Å². The maximum atomic E-state index is 13.2. The van der Waals surface area contributed by atoms with Gasteiger partial charge in [-0.05, 0) is 50.5 Å². The van der Waals surface area contributed by atoms with Gasteiger partial charge in [0.1, 0.15) is 0 Å². The lowest BCUT2D eigenvalue weighted by molar-refractivity contribution is 0.0315. The van der Waals surface area contributed by atoms with Crippen molar-refractivity contribution in [3.05, 3.63) is 64.4 Å². The summed E-state index contributed by atoms with van der Waals surface area (Å²) in [6.07, 6.45) is 3.67. The fourth-order valence-corrected chi connectivity index (χ4v) is 4.32. The highest BCUT2D eigenvalue weighted by Crippen LogP contribution is 2.25. The molecule has 3 aromatic rings. The predicted octanol–water partition coefficient (Wildman–Crippen LogP) is 4.36. The molecule has 26 heavy (non-hydrogen) atoms. The molecule has 0 radical (unpaired) electrons. The van der Waals surface area contributed by atoms with Gasteiger partial charge < -0.3 is 4.74 Å². The van der Waals surface area contributed by atoms with Crippen LogP contribution in [0, 0.1) is 6.92 Å². The number of rotatable bonds is 4. The van der Waals surface area contributed by atoms with Crippen molar-refractivity contribution < 1.29 is 4.74 Å². The molecule has 1 aliphatic rings. The second kappa shape index (κ2) is 7.64. The average Bonchev–Trinajstić information content (AvgIpc) is 2.68. The molecular weight excluding hydrogens is 344 g/mol. The monoisotopic (exact) mass is 366 g/mol. The number of hydrogen-bond acceptors (Lipinski definition) is 4. The van der Waals surface area contributed by atoms with Crippen molar-refractivity contribution in [2.24, 2.45) is 0 Å². The number of para-hydroxylation sites is 1. The number of aryl methyl sites for hydroxylation is 1. The van der Waals surface area contributed by atoms with E-state index in [1.807, 2.05) is 55.5 Å². The topological polar surface area (TPSA) is 44.1 Å². The summed E-state index contributed by atoms with van der Waals surface area (Å²) >= 11 is 1.61. The van der Waals surface area contributed by atoms with Gasteiger partial charge in [-0.2, -0.15) is 0 Å². The summed E-state index contributed by atoms with van der Waals surface area (Å²) in [5, 5.41) is 1.37. The van der Waals surface area contributed by atoms with Crippen LogP contribution in [0.25, 0.3) is 16.6 Å². The van der Waals surface area contributed by atoms with Gasteiger partial charge in [0.15, 0.2) is 5.16 Å². The van der Waals surface area contributed by atoms with E-state index in [-0.39, 0.29) is 11.7 Å². The summed E-state index contributed by atoms with van der Waals surface area (Å²) in [6, 6.07) is 15.6. The van der Waals surface area contributed by atoms with E-state index in [4.69, 9.17) is 9.72 Å². The Morgan fingerprint density at radius 1 is 1.15 bits per heavy atom. The molecule has 4 rings (SSSR count). The summed E-state index contributed by atoms with van der Waals surface area (Å²) < 4.78 is 7.57. The molecule has 1 saturated heterocycles. The Morgan fingerprint density at radius 2 is 1.96 bits per heavy atom. The zero-order chi connectivity index (χ0) is 17.9. The van der Waals surface area contributed by atoms with Gasteiger partial charge in [-0.15, -0.1) is 0 Å². The third kappa shape index (κ3) is 3.55. The normalized spacial score (nSPS) is 17.5. The molecule has 4 nitrogen and oxygen atoms in total. The smallest absolute Gasteiger partial charge is 0.266 e. The minimum atomic E-state index is -0.0217. The first-order chi connectivity index (χ1) is 12.7. The lowest BCUT2D eigenvalue weighted by Crippen LogP contribution is -2.24. The summed E-state index contributed by atoms with van der Waals surface area (Å²) in [5.74, 6) is 0.816. The van der Waals surface area contributed by atoms with E-state index in [2.05, 4.69) is 0 Å². The Hall–Kier alpha value is -2.11. The zero-order valence-corrected chi connectivity index (χ0v) is 15.7. The molecule has 0 N–H and O–H groups in total. The SMILES string of the molecule is Cc1ccc(-n2c(SCC3CCCCO3)nc3ccccc3c2=O)cc1. The van der Waals surface area contributed by atoms with E-state index < -0.39 is 0 Å². The van der Waals surface area contributed by atoms with Gasteiger partial charge in [0.25, 0.3) is 5.56 Å². The van der Waals surface area contributed by atoms with Crippen LogP contribution in [-0.2, 0) is 4.74 Å². The molecule has 134 valence electrons. The van der Waals surface area contributed by atoms with Crippen molar-refractivity contribution in [2.45, 2.75) is 37.4 Å². The second-order valence-corrected chi connectivity index (χ2v) is 7.67. The predicted molar refractivity (Wildman–Crippen MR) is 106 cm³/mol. The Morgan fingerprint density at radius 3 is 2.73 bits per heavy atom. The summed E-state index contributed by atoms with van der Waals surface area (Å²) in [7, 11) is 0. The molecule has 1 unspecified atom stereocenters. The molecule has 0 spiro atoms. The molecule has 0 saturated carbocycles. The molecule has 0 aliphatic carbocycles. The summed E-state index contributed by atoms with van der Waals surface area (Å²) in [5.41, 5.74) is 2.74. The Bertz CT molecular complexity index is 960. The van der Waals surface area contributed by atoms with Crippen LogP contribution in [0.2, 0.25) is 0 Å². The average molecular weight is 366 g/mol. The van der Waals surface area contributed by atoms with Gasteiger partial charge in [0.05, 0.1) is 22.7 Å². The lowest BCUT2D eigenvalue weighted by atomic mass is 10.1. The van der Waals surface area contributed by atoms with Gasteiger partial charge in [-0.3, -0.25) is 9.36 Å². The molecule has 0 amide bonds. The van der Waals surface area contributed by atoms with Crippen molar-refractivity contribution in [1.29, 1.82) is 0 Å². The van der Waals surface area contributed by atoms with Gasteiger partial charge in [-0.1, -0.05) is 41.6 Å². The van der Waals surface area contributed by atoms with Gasteiger partial charge in [0, 0.05) is 12.4 Å². The molecule has 1 aromatic heterocycles. The number of hydrogen-bond donors (Lipinski definition) is 0. The fraction of sp³-hybridized carbons (Fsp3) is 0.333. The third-order valence-corrected chi connectivity index (χ3v) is 5.78. The maximum absolute atomic E-state index is 13.2. The van der Waals surface area contributed by atoms with Crippen LogP contribution in [0.1, 0.15) is 24.8 Å². The van der Waals surface area contributed by atoms with Crippen molar-refractivity contribution >= 4 is 22.7 Å². The van der Waals surface area contributed by atoms with Crippen LogP contribution < -0.4 is 5.56 Å². The first-order valence-corrected chi connectivity index (χ1v) is 10.0. The van der Waals surface area contributed by atoms with E-state index in [1.165, 1.54) is 12.0 Å². The first-order valence-electron chi connectivity index (χ1n) is 9.05. The molecule has 1 atom stereocenters. The Kier molecular flexibility index (Phi) is 5.09. The van der Waals surface area contributed by atoms with Gasteiger partial charge in [0.2, 0.25) is 0 Å². The summed E-state index contributed by atoms with van der Waals surface area (Å²) in [6.45, 7) is 2.88. The molecule has 1 aliphatic heterocycles. The van der Waals surface area contributed by atoms with E-state index in [0.717, 1.165) is 41.6 Å². The zero-order valence-electron chi connectivity index (χ0n) is 14.9. The fourth-order valence-electron chi connectivity index (χ4n) is 3.24. The lowest BCUT2D eigenvalue weighted by Gasteiger charge is -2.22. The van der Waals surface area contributed by atoms with Gasteiger partial charge >= 0.3 is 0 Å².